The van der Waals surface area contributed by atoms with E-state index in [-0.39, 0.29) is 6.73 Å². The van der Waals surface area contributed by atoms with Crippen LogP contribution < -0.4 is 16.0 Å². The van der Waals surface area contributed by atoms with Crippen LogP contribution in [0.25, 0.3) is 16.7 Å². The van der Waals surface area contributed by atoms with Crippen molar-refractivity contribution in [2.75, 3.05) is 31.1 Å². The second-order valence-electron chi connectivity index (χ2n) is 10.1. The average molecular weight is 565 g/mol. The molecule has 8 nitrogen and oxygen atoms in total. The van der Waals surface area contributed by atoms with Gasteiger partial charge < -0.3 is 19.4 Å². The first-order chi connectivity index (χ1) is 20.6. The summed E-state index contributed by atoms with van der Waals surface area (Å²) in [6.07, 6.45) is 7.37. The van der Waals surface area contributed by atoms with Crippen LogP contribution in [0.1, 0.15) is 23.6 Å². The van der Waals surface area contributed by atoms with Crippen molar-refractivity contribution in [1.29, 1.82) is 0 Å². The van der Waals surface area contributed by atoms with Crippen LogP contribution in [0, 0.1) is 0 Å². The van der Waals surface area contributed by atoms with Gasteiger partial charge in [-0.25, -0.2) is 14.2 Å². The van der Waals surface area contributed by atoms with E-state index in [1.165, 1.54) is 15.7 Å². The number of anilines is 1. The number of allylic oxidation sites excluding steroid dienone is 5. The monoisotopic (exact) mass is 564 g/mol. The Bertz CT molecular complexity index is 1640. The lowest BCUT2D eigenvalue weighted by molar-refractivity contribution is 0.112. The number of nitrogens with zero attached hydrogens (tertiary/aromatic N) is 3. The smallest absolute Gasteiger partial charge is 0.422 e. The van der Waals surface area contributed by atoms with E-state index in [1.54, 1.807) is 6.07 Å². The van der Waals surface area contributed by atoms with Crippen molar-refractivity contribution < 1.29 is 13.9 Å². The first kappa shape index (κ1) is 28.7. The largest absolute Gasteiger partial charge is 0.428 e. The predicted octanol–water partition coefficient (Wildman–Crippen LogP) is 5.95. The van der Waals surface area contributed by atoms with E-state index in [2.05, 4.69) is 52.0 Å². The van der Waals surface area contributed by atoms with Gasteiger partial charge in [0, 0.05) is 39.3 Å². The molecular formula is C34H36N4O4. The van der Waals surface area contributed by atoms with Crippen LogP contribution in [-0.4, -0.2) is 41.7 Å². The molecule has 4 aromatic rings. The maximum Gasteiger partial charge on any atom is 0.422 e. The summed E-state index contributed by atoms with van der Waals surface area (Å²) in [5.41, 5.74) is 6.49. The molecule has 1 aromatic heterocycles. The molecule has 1 aliphatic heterocycles. The van der Waals surface area contributed by atoms with Crippen LogP contribution in [0.3, 0.4) is 0 Å². The normalized spacial score (nSPS) is 14.4. The second-order valence-corrected chi connectivity index (χ2v) is 10.1. The molecule has 42 heavy (non-hydrogen) atoms. The molecular weight excluding hydrogens is 528 g/mol. The summed E-state index contributed by atoms with van der Waals surface area (Å²) in [6.45, 7) is 10.2. The Kier molecular flexibility index (Phi) is 9.36. The second kappa shape index (κ2) is 13.7. The fourth-order valence-corrected chi connectivity index (χ4v) is 5.20. The number of hydrogen-bond acceptors (Lipinski definition) is 6. The molecule has 8 heteroatoms. The van der Waals surface area contributed by atoms with Gasteiger partial charge in [-0.1, -0.05) is 85.5 Å². The van der Waals surface area contributed by atoms with Crippen molar-refractivity contribution in [3.05, 3.63) is 131 Å². The Balaban J connectivity index is 1.20. The first-order valence-electron chi connectivity index (χ1n) is 14.1. The number of ether oxygens (including phenoxy) is 1. The number of piperazine rings is 1. The molecule has 0 saturated carbocycles. The third-order valence-corrected chi connectivity index (χ3v) is 7.30. The number of carbonyl (C=O) groups is 1. The number of fused-ring (bicyclic) bond motifs is 1. The van der Waals surface area contributed by atoms with E-state index in [9.17, 15) is 9.59 Å². The quantitative estimate of drug-likeness (QED) is 0.240. The van der Waals surface area contributed by atoms with Crippen molar-refractivity contribution in [3.63, 3.8) is 0 Å². The number of nitrogens with one attached hydrogen (secondary N) is 1. The van der Waals surface area contributed by atoms with Gasteiger partial charge >= 0.3 is 11.8 Å². The van der Waals surface area contributed by atoms with Gasteiger partial charge in [0.05, 0.1) is 11.2 Å². The van der Waals surface area contributed by atoms with E-state index in [4.69, 9.17) is 9.15 Å². The fourth-order valence-electron chi connectivity index (χ4n) is 5.20. The molecule has 1 saturated heterocycles. The van der Waals surface area contributed by atoms with Gasteiger partial charge in [0.2, 0.25) is 0 Å². The number of oxazole rings is 1. The van der Waals surface area contributed by atoms with E-state index < -0.39 is 11.8 Å². The van der Waals surface area contributed by atoms with Crippen molar-refractivity contribution in [2.45, 2.75) is 26.7 Å². The summed E-state index contributed by atoms with van der Waals surface area (Å²) in [5, 5.41) is 2.70. The van der Waals surface area contributed by atoms with Crippen molar-refractivity contribution in [2.24, 2.45) is 0 Å². The van der Waals surface area contributed by atoms with E-state index in [0.717, 1.165) is 49.5 Å². The number of para-hydroxylation sites is 1. The maximum atomic E-state index is 12.7. The van der Waals surface area contributed by atoms with Crippen LogP contribution >= 0.6 is 0 Å². The first-order valence-corrected chi connectivity index (χ1v) is 14.1. The van der Waals surface area contributed by atoms with E-state index in [0.29, 0.717) is 17.6 Å². The maximum absolute atomic E-state index is 12.7. The van der Waals surface area contributed by atoms with Gasteiger partial charge in [-0.15, -0.1) is 0 Å². The van der Waals surface area contributed by atoms with E-state index in [1.807, 2.05) is 67.6 Å². The molecule has 1 fully saturated rings. The van der Waals surface area contributed by atoms with Gasteiger partial charge in [0.1, 0.15) is 0 Å². The van der Waals surface area contributed by atoms with Gasteiger partial charge in [0.15, 0.2) is 12.3 Å². The number of amides is 1. The number of hydrogen-bond donors (Lipinski definition) is 1. The van der Waals surface area contributed by atoms with Gasteiger partial charge in [-0.2, -0.15) is 0 Å². The van der Waals surface area contributed by atoms with Gasteiger partial charge in [-0.3, -0.25) is 4.90 Å². The minimum absolute atomic E-state index is 0.236. The Morgan fingerprint density at radius 3 is 2.52 bits per heavy atom. The standard InChI is InChI=1S/C34H36N4O4/c1-3-10-28(11-4-2)29-15-8-14-27(22-29)24-36-18-20-37(21-19-36)30-16-9-17-31-32(30)42-34(40)38(31)25-41-33(39)35-23-26-12-6-5-7-13-26/h3-17,22H,1,18-21,23-25H2,2H3,(H,35,39)/b11-4-,28-10+. The van der Waals surface area contributed by atoms with Gasteiger partial charge in [0.25, 0.3) is 0 Å². The summed E-state index contributed by atoms with van der Waals surface area (Å²) >= 11 is 0. The lowest BCUT2D eigenvalue weighted by Gasteiger charge is -2.36. The summed E-state index contributed by atoms with van der Waals surface area (Å²) in [7, 11) is 0. The summed E-state index contributed by atoms with van der Waals surface area (Å²) in [5.74, 6) is -0.561. The Labute approximate surface area is 245 Å². The Morgan fingerprint density at radius 1 is 1.00 bits per heavy atom. The van der Waals surface area contributed by atoms with Crippen LogP contribution in [0.15, 0.2) is 113 Å². The van der Waals surface area contributed by atoms with Crippen molar-refractivity contribution in [3.8, 4) is 0 Å². The molecule has 1 aliphatic rings. The molecule has 216 valence electrons. The lowest BCUT2D eigenvalue weighted by atomic mass is 10.0. The topological polar surface area (TPSA) is 79.9 Å². The molecule has 3 aromatic carbocycles. The molecule has 2 heterocycles. The molecule has 0 bridgehead atoms. The zero-order valence-corrected chi connectivity index (χ0v) is 23.9. The lowest BCUT2D eigenvalue weighted by Crippen LogP contribution is -2.46. The highest BCUT2D eigenvalue weighted by molar-refractivity contribution is 5.87. The highest BCUT2D eigenvalue weighted by atomic mass is 16.6. The highest BCUT2D eigenvalue weighted by Gasteiger charge is 2.22. The molecule has 0 atom stereocenters. The average Bonchev–Trinajstić information content (AvgIpc) is 3.34. The van der Waals surface area contributed by atoms with E-state index >= 15 is 0 Å². The van der Waals surface area contributed by atoms with Crippen molar-refractivity contribution in [1.82, 2.24) is 14.8 Å². The molecule has 1 amide bonds. The third-order valence-electron chi connectivity index (χ3n) is 7.30. The molecule has 5 rings (SSSR count). The zero-order chi connectivity index (χ0) is 29.3. The Hall–Kier alpha value is -4.82. The third kappa shape index (κ3) is 6.90. The van der Waals surface area contributed by atoms with Crippen LogP contribution in [0.4, 0.5) is 10.5 Å². The fraction of sp³-hybridized carbons (Fsp3) is 0.235. The molecule has 0 aliphatic carbocycles. The number of rotatable bonds is 10. The predicted molar refractivity (Wildman–Crippen MR) is 167 cm³/mol. The van der Waals surface area contributed by atoms with Crippen LogP contribution in [-0.2, 0) is 24.6 Å². The zero-order valence-electron chi connectivity index (χ0n) is 23.9. The number of aromatic nitrogens is 1. The number of alkyl carbamates (subject to hydrolysis) is 1. The van der Waals surface area contributed by atoms with Gasteiger partial charge in [-0.05, 0) is 47.4 Å². The minimum atomic E-state index is -0.604. The summed E-state index contributed by atoms with van der Waals surface area (Å²) < 4.78 is 12.3. The molecule has 0 spiro atoms. The molecule has 0 unspecified atom stereocenters. The summed E-state index contributed by atoms with van der Waals surface area (Å²) in [4.78, 5) is 29.6. The summed E-state index contributed by atoms with van der Waals surface area (Å²) in [6, 6.07) is 23.9. The Morgan fingerprint density at radius 2 is 1.76 bits per heavy atom. The number of benzene rings is 3. The SMILES string of the molecule is C=C/C=C(\C=C/C)c1cccc(CN2CCN(c3cccc4c3oc(=O)n4COC(=O)NCc3ccccc3)CC2)c1. The number of carbonyl (C=O) groups excluding carboxylic acids is 1. The van der Waals surface area contributed by atoms with Crippen LogP contribution in [0.5, 0.6) is 0 Å². The highest BCUT2D eigenvalue weighted by Crippen LogP contribution is 2.28. The van der Waals surface area contributed by atoms with Crippen LogP contribution in [0.2, 0.25) is 0 Å². The molecule has 0 radical (unpaired) electrons. The van der Waals surface area contributed by atoms with Crippen molar-refractivity contribution >= 4 is 28.5 Å². The molecule has 1 N–H and O–H groups in total. The minimum Gasteiger partial charge on any atom is -0.428 e.